The van der Waals surface area contributed by atoms with Crippen molar-refractivity contribution >= 4 is 27.3 Å². The van der Waals surface area contributed by atoms with Crippen molar-refractivity contribution in [3.63, 3.8) is 0 Å². The molecule has 0 aliphatic heterocycles. The van der Waals surface area contributed by atoms with Crippen molar-refractivity contribution in [3.8, 4) is 0 Å². The smallest absolute Gasteiger partial charge is 0.0897 e. The van der Waals surface area contributed by atoms with Gasteiger partial charge in [0.1, 0.15) is 0 Å². The highest BCUT2D eigenvalue weighted by Gasteiger charge is 2.09. The maximum Gasteiger partial charge on any atom is 0.0897 e. The Balaban J connectivity index is 1.95. The first-order valence-electron chi connectivity index (χ1n) is 5.47. The highest BCUT2D eigenvalue weighted by molar-refractivity contribution is 9.10. The molecular weight excluding hydrogens is 298 g/mol. The maximum absolute atomic E-state index is 10.0. The van der Waals surface area contributed by atoms with E-state index in [4.69, 9.17) is 0 Å². The van der Waals surface area contributed by atoms with Gasteiger partial charge >= 0.3 is 0 Å². The third kappa shape index (κ3) is 3.91. The monoisotopic (exact) mass is 311 g/mol. The average molecular weight is 312 g/mol. The summed E-state index contributed by atoms with van der Waals surface area (Å²) in [7, 11) is 0. The van der Waals surface area contributed by atoms with Crippen LogP contribution in [-0.4, -0.2) is 16.2 Å². The lowest BCUT2D eigenvalue weighted by atomic mass is 10.0. The van der Waals surface area contributed by atoms with Gasteiger partial charge in [-0.3, -0.25) is 0 Å². The van der Waals surface area contributed by atoms with Gasteiger partial charge in [-0.25, -0.2) is 4.98 Å². The van der Waals surface area contributed by atoms with E-state index in [1.807, 2.05) is 36.6 Å². The summed E-state index contributed by atoms with van der Waals surface area (Å²) in [6, 6.07) is 8.04. The van der Waals surface area contributed by atoms with Crippen LogP contribution in [0, 0.1) is 6.92 Å². The van der Waals surface area contributed by atoms with E-state index in [2.05, 4.69) is 20.9 Å². The highest BCUT2D eigenvalue weighted by atomic mass is 79.9. The van der Waals surface area contributed by atoms with E-state index in [0.717, 1.165) is 20.7 Å². The Morgan fingerprint density at radius 1 is 1.41 bits per heavy atom. The first-order valence-corrected chi connectivity index (χ1v) is 7.14. The molecule has 17 heavy (non-hydrogen) atoms. The Labute approximate surface area is 113 Å². The summed E-state index contributed by atoms with van der Waals surface area (Å²) < 4.78 is 1.05. The van der Waals surface area contributed by atoms with E-state index in [1.165, 1.54) is 0 Å². The van der Waals surface area contributed by atoms with Crippen molar-refractivity contribution in [2.45, 2.75) is 25.9 Å². The van der Waals surface area contributed by atoms with Crippen molar-refractivity contribution in [3.05, 3.63) is 50.4 Å². The van der Waals surface area contributed by atoms with Crippen LogP contribution in [0.3, 0.4) is 0 Å². The van der Waals surface area contributed by atoms with Crippen LogP contribution in [0.1, 0.15) is 16.3 Å². The molecule has 0 saturated heterocycles. The number of hydrogen-bond donors (Lipinski definition) is 1. The topological polar surface area (TPSA) is 33.1 Å². The summed E-state index contributed by atoms with van der Waals surface area (Å²) in [5.41, 5.74) is 2.12. The number of nitrogens with zero attached hydrogens (tertiary/aromatic N) is 1. The minimum atomic E-state index is -0.370. The minimum absolute atomic E-state index is 0.370. The van der Waals surface area contributed by atoms with Gasteiger partial charge in [0.2, 0.25) is 0 Å². The van der Waals surface area contributed by atoms with Gasteiger partial charge in [-0.05, 0) is 31.0 Å². The van der Waals surface area contributed by atoms with Gasteiger partial charge in [0, 0.05) is 16.3 Å². The van der Waals surface area contributed by atoms with Crippen molar-refractivity contribution in [1.82, 2.24) is 4.98 Å². The van der Waals surface area contributed by atoms with Crippen LogP contribution in [-0.2, 0) is 12.8 Å². The molecule has 0 radical (unpaired) electrons. The molecule has 90 valence electrons. The third-order valence-electron chi connectivity index (χ3n) is 2.47. The van der Waals surface area contributed by atoms with Crippen LogP contribution >= 0.6 is 27.3 Å². The van der Waals surface area contributed by atoms with Gasteiger partial charge in [0.15, 0.2) is 0 Å². The number of benzene rings is 1. The molecular formula is C13H14BrNOS. The molecule has 1 N–H and O–H groups in total. The Kier molecular flexibility index (Phi) is 4.31. The number of hydrogen-bond acceptors (Lipinski definition) is 3. The van der Waals surface area contributed by atoms with Gasteiger partial charge in [-0.2, -0.15) is 0 Å². The predicted octanol–water partition coefficient (Wildman–Crippen LogP) is 3.36. The molecule has 0 saturated carbocycles. The summed E-state index contributed by atoms with van der Waals surface area (Å²) in [6.45, 7) is 1.98. The van der Waals surface area contributed by atoms with Gasteiger partial charge in [0.05, 0.1) is 16.8 Å². The molecule has 1 unspecified atom stereocenters. The maximum atomic E-state index is 10.0. The number of aliphatic hydroxyl groups excluding tert-OH is 1. The van der Waals surface area contributed by atoms with E-state index in [9.17, 15) is 5.11 Å². The van der Waals surface area contributed by atoms with Gasteiger partial charge in [0.25, 0.3) is 0 Å². The zero-order valence-electron chi connectivity index (χ0n) is 9.56. The van der Waals surface area contributed by atoms with Crippen molar-refractivity contribution < 1.29 is 5.11 Å². The third-order valence-corrected chi connectivity index (χ3v) is 3.79. The quantitative estimate of drug-likeness (QED) is 0.939. The van der Waals surface area contributed by atoms with Crippen LogP contribution in [0.4, 0.5) is 0 Å². The average Bonchev–Trinajstić information content (AvgIpc) is 2.63. The molecule has 1 heterocycles. The van der Waals surface area contributed by atoms with E-state index in [0.29, 0.717) is 12.8 Å². The van der Waals surface area contributed by atoms with Gasteiger partial charge < -0.3 is 5.11 Å². The van der Waals surface area contributed by atoms with Crippen molar-refractivity contribution in [2.75, 3.05) is 0 Å². The number of aromatic nitrogens is 1. The lowest BCUT2D eigenvalue weighted by molar-refractivity contribution is 0.174. The fourth-order valence-corrected chi connectivity index (χ4v) is 2.82. The van der Waals surface area contributed by atoms with Crippen molar-refractivity contribution in [2.24, 2.45) is 0 Å². The molecule has 1 atom stereocenters. The highest BCUT2D eigenvalue weighted by Crippen LogP contribution is 2.15. The number of aliphatic hydroxyl groups is 1. The second-order valence-electron chi connectivity index (χ2n) is 4.05. The van der Waals surface area contributed by atoms with E-state index >= 15 is 0 Å². The van der Waals surface area contributed by atoms with Crippen LogP contribution in [0.2, 0.25) is 0 Å². The molecule has 4 heteroatoms. The number of aryl methyl sites for hydroxylation is 1. The first-order chi connectivity index (χ1) is 8.13. The van der Waals surface area contributed by atoms with Crippen molar-refractivity contribution in [1.29, 1.82) is 0 Å². The predicted molar refractivity (Wildman–Crippen MR) is 74.4 cm³/mol. The van der Waals surface area contributed by atoms with E-state index in [1.54, 1.807) is 11.3 Å². The molecule has 2 nitrogen and oxygen atoms in total. The fourth-order valence-electron chi connectivity index (χ4n) is 1.75. The summed E-state index contributed by atoms with van der Waals surface area (Å²) in [5, 5.41) is 13.1. The summed E-state index contributed by atoms with van der Waals surface area (Å²) in [6.07, 6.45) is 0.915. The Morgan fingerprint density at radius 3 is 2.88 bits per heavy atom. The minimum Gasteiger partial charge on any atom is -0.392 e. The molecule has 0 bridgehead atoms. The Hall–Kier alpha value is -0.710. The molecule has 0 aliphatic carbocycles. The Bertz CT molecular complexity index is 498. The Morgan fingerprint density at radius 2 is 2.24 bits per heavy atom. The van der Waals surface area contributed by atoms with Crippen LogP contribution in [0.15, 0.2) is 34.1 Å². The molecule has 1 aromatic carbocycles. The van der Waals surface area contributed by atoms with Crippen LogP contribution in [0.25, 0.3) is 0 Å². The first kappa shape index (κ1) is 12.7. The SMILES string of the molecule is Cc1nc(CC(O)Cc2cccc(Br)c2)cs1. The van der Waals surface area contributed by atoms with E-state index < -0.39 is 0 Å². The molecule has 0 fully saturated rings. The summed E-state index contributed by atoms with van der Waals surface area (Å²) in [5.74, 6) is 0. The van der Waals surface area contributed by atoms with Crippen LogP contribution in [0.5, 0.6) is 0 Å². The lowest BCUT2D eigenvalue weighted by Crippen LogP contribution is -2.14. The fraction of sp³-hybridized carbons (Fsp3) is 0.308. The normalized spacial score (nSPS) is 12.6. The van der Waals surface area contributed by atoms with Gasteiger partial charge in [-0.15, -0.1) is 11.3 Å². The zero-order chi connectivity index (χ0) is 12.3. The number of rotatable bonds is 4. The number of thiazole rings is 1. The molecule has 0 amide bonds. The molecule has 2 rings (SSSR count). The van der Waals surface area contributed by atoms with Gasteiger partial charge in [-0.1, -0.05) is 28.1 Å². The number of halogens is 1. The largest absolute Gasteiger partial charge is 0.392 e. The standard InChI is InChI=1S/C13H14BrNOS/c1-9-15-12(8-17-9)7-13(16)6-10-3-2-4-11(14)5-10/h2-5,8,13,16H,6-7H2,1H3. The van der Waals surface area contributed by atoms with Crippen LogP contribution < -0.4 is 0 Å². The molecule has 0 aliphatic rings. The summed E-state index contributed by atoms with van der Waals surface area (Å²) in [4.78, 5) is 4.36. The molecule has 1 aromatic heterocycles. The zero-order valence-corrected chi connectivity index (χ0v) is 12.0. The lowest BCUT2D eigenvalue weighted by Gasteiger charge is -2.09. The molecule has 2 aromatic rings. The second-order valence-corrected chi connectivity index (χ2v) is 6.03. The van der Waals surface area contributed by atoms with E-state index in [-0.39, 0.29) is 6.10 Å². The second kappa shape index (κ2) is 5.76. The summed E-state index contributed by atoms with van der Waals surface area (Å²) >= 11 is 5.06. The molecule has 0 spiro atoms.